The largest absolute Gasteiger partial charge is 0.384 e. The summed E-state index contributed by atoms with van der Waals surface area (Å²) in [6, 6.07) is 0. The van der Waals surface area contributed by atoms with Crippen molar-refractivity contribution in [1.29, 1.82) is 0 Å². The van der Waals surface area contributed by atoms with Crippen LogP contribution in [0.25, 0.3) is 0 Å². The summed E-state index contributed by atoms with van der Waals surface area (Å²) in [6.45, 7) is 6.06. The minimum absolute atomic E-state index is 0.200. The summed E-state index contributed by atoms with van der Waals surface area (Å²) in [4.78, 5) is 2.48. The zero-order valence-electron chi connectivity index (χ0n) is 12.5. The van der Waals surface area contributed by atoms with Gasteiger partial charge in [0.1, 0.15) is 0 Å². The summed E-state index contributed by atoms with van der Waals surface area (Å²) < 4.78 is 16.5. The maximum atomic E-state index is 5.52. The average Bonchev–Trinajstić information content (AvgIpc) is 2.82. The molecular weight excluding hydrogens is 244 g/mol. The molecule has 5 nitrogen and oxygen atoms in total. The molecule has 2 rings (SSSR count). The molecule has 0 bridgehead atoms. The number of likely N-dealkylation sites (tertiary alicyclic amines) is 1. The molecule has 0 spiro atoms. The Morgan fingerprint density at radius 2 is 1.63 bits per heavy atom. The van der Waals surface area contributed by atoms with Crippen LogP contribution in [0.15, 0.2) is 0 Å². The Bertz CT molecular complexity index is 252. The van der Waals surface area contributed by atoms with Gasteiger partial charge in [0.2, 0.25) is 0 Å². The van der Waals surface area contributed by atoms with E-state index in [9.17, 15) is 0 Å². The summed E-state index contributed by atoms with van der Waals surface area (Å²) in [7, 11) is 5.36. The Hall–Kier alpha value is -0.200. The van der Waals surface area contributed by atoms with Gasteiger partial charge in [-0.15, -0.1) is 0 Å². The van der Waals surface area contributed by atoms with Crippen LogP contribution in [0.4, 0.5) is 0 Å². The fraction of sp³-hybridized carbons (Fsp3) is 1.00. The van der Waals surface area contributed by atoms with Crippen molar-refractivity contribution < 1.29 is 14.2 Å². The van der Waals surface area contributed by atoms with Gasteiger partial charge in [0.15, 0.2) is 0 Å². The first-order valence-electron chi connectivity index (χ1n) is 7.20. The van der Waals surface area contributed by atoms with Crippen LogP contribution in [-0.4, -0.2) is 77.8 Å². The quantitative estimate of drug-likeness (QED) is 0.756. The predicted molar refractivity (Wildman–Crippen MR) is 74.4 cm³/mol. The van der Waals surface area contributed by atoms with Crippen LogP contribution in [0.2, 0.25) is 0 Å². The highest BCUT2D eigenvalue weighted by atomic mass is 16.5. The van der Waals surface area contributed by atoms with Crippen LogP contribution < -0.4 is 5.32 Å². The van der Waals surface area contributed by atoms with Gasteiger partial charge in [-0.25, -0.2) is 0 Å². The van der Waals surface area contributed by atoms with Crippen LogP contribution in [0, 0.1) is 5.41 Å². The monoisotopic (exact) mass is 272 g/mol. The Labute approximate surface area is 116 Å². The van der Waals surface area contributed by atoms with Gasteiger partial charge in [-0.2, -0.15) is 0 Å². The predicted octanol–water partition coefficient (Wildman–Crippen LogP) is 0.348. The third-order valence-corrected chi connectivity index (χ3v) is 4.57. The lowest BCUT2D eigenvalue weighted by atomic mass is 9.79. The smallest absolute Gasteiger partial charge is 0.0971 e. The summed E-state index contributed by atoms with van der Waals surface area (Å²) in [5.41, 5.74) is 0.293. The first-order chi connectivity index (χ1) is 9.23. The fourth-order valence-corrected chi connectivity index (χ4v) is 3.49. The third kappa shape index (κ3) is 3.67. The molecule has 0 radical (unpaired) electrons. The number of nitrogens with zero attached hydrogens (tertiary/aromatic N) is 1. The Morgan fingerprint density at radius 1 is 1.05 bits per heavy atom. The van der Waals surface area contributed by atoms with E-state index in [1.165, 1.54) is 12.8 Å². The van der Waals surface area contributed by atoms with Crippen molar-refractivity contribution in [3.63, 3.8) is 0 Å². The first-order valence-corrected chi connectivity index (χ1v) is 7.20. The van der Waals surface area contributed by atoms with Gasteiger partial charge in [0.25, 0.3) is 0 Å². The number of rotatable bonds is 6. The molecule has 1 N–H and O–H groups in total. The zero-order chi connectivity index (χ0) is 13.7. The van der Waals surface area contributed by atoms with E-state index >= 15 is 0 Å². The molecule has 0 saturated carbocycles. The Morgan fingerprint density at radius 3 is 2.11 bits per heavy atom. The summed E-state index contributed by atoms with van der Waals surface area (Å²) in [6.07, 6.45) is 2.77. The SMILES string of the molecule is COCC1(CN2CC(OC)C(OC)C2)CCNCC1. The number of hydrogen-bond acceptors (Lipinski definition) is 5. The molecule has 2 fully saturated rings. The molecule has 0 aromatic carbocycles. The molecular formula is C14H28N2O3. The second-order valence-corrected chi connectivity index (χ2v) is 5.93. The van der Waals surface area contributed by atoms with Gasteiger partial charge in [0.05, 0.1) is 18.8 Å². The summed E-state index contributed by atoms with van der Waals surface area (Å²) in [5.74, 6) is 0. The van der Waals surface area contributed by atoms with Crippen molar-refractivity contribution in [3.05, 3.63) is 0 Å². The van der Waals surface area contributed by atoms with Gasteiger partial charge in [0, 0.05) is 46.4 Å². The molecule has 0 aromatic heterocycles. The minimum atomic E-state index is 0.200. The van der Waals surface area contributed by atoms with Crippen molar-refractivity contribution >= 4 is 0 Å². The van der Waals surface area contributed by atoms with Crippen LogP contribution in [0.1, 0.15) is 12.8 Å². The molecule has 0 amide bonds. The zero-order valence-corrected chi connectivity index (χ0v) is 12.5. The van der Waals surface area contributed by atoms with E-state index in [1.54, 1.807) is 14.2 Å². The van der Waals surface area contributed by atoms with Gasteiger partial charge in [-0.05, 0) is 25.9 Å². The van der Waals surface area contributed by atoms with E-state index in [1.807, 2.05) is 7.11 Å². The van der Waals surface area contributed by atoms with E-state index in [-0.39, 0.29) is 12.2 Å². The molecule has 5 heteroatoms. The molecule has 19 heavy (non-hydrogen) atoms. The lowest BCUT2D eigenvalue weighted by molar-refractivity contribution is -0.00461. The molecule has 2 aliphatic heterocycles. The highest BCUT2D eigenvalue weighted by Gasteiger charge is 2.39. The third-order valence-electron chi connectivity index (χ3n) is 4.57. The molecule has 2 saturated heterocycles. The minimum Gasteiger partial charge on any atom is -0.384 e. The molecule has 2 atom stereocenters. The second-order valence-electron chi connectivity index (χ2n) is 5.93. The molecule has 2 unspecified atom stereocenters. The molecule has 0 aliphatic carbocycles. The highest BCUT2D eigenvalue weighted by Crippen LogP contribution is 2.32. The molecule has 2 heterocycles. The number of hydrogen-bond donors (Lipinski definition) is 1. The Balaban J connectivity index is 1.94. The van der Waals surface area contributed by atoms with Crippen molar-refractivity contribution in [2.75, 3.05) is 60.7 Å². The fourth-order valence-electron chi connectivity index (χ4n) is 3.49. The van der Waals surface area contributed by atoms with E-state index in [2.05, 4.69) is 10.2 Å². The van der Waals surface area contributed by atoms with E-state index in [4.69, 9.17) is 14.2 Å². The van der Waals surface area contributed by atoms with Crippen LogP contribution in [0.3, 0.4) is 0 Å². The maximum absolute atomic E-state index is 5.52. The van der Waals surface area contributed by atoms with Crippen LogP contribution >= 0.6 is 0 Å². The van der Waals surface area contributed by atoms with E-state index in [0.717, 1.165) is 39.3 Å². The average molecular weight is 272 g/mol. The van der Waals surface area contributed by atoms with Gasteiger partial charge in [-0.3, -0.25) is 4.90 Å². The topological polar surface area (TPSA) is 43.0 Å². The molecule has 0 aromatic rings. The molecule has 2 aliphatic rings. The number of ether oxygens (including phenoxy) is 3. The second kappa shape index (κ2) is 6.99. The van der Waals surface area contributed by atoms with Crippen LogP contribution in [-0.2, 0) is 14.2 Å². The van der Waals surface area contributed by atoms with Crippen molar-refractivity contribution in [2.45, 2.75) is 25.0 Å². The number of piperidine rings is 1. The van der Waals surface area contributed by atoms with E-state index < -0.39 is 0 Å². The first kappa shape index (κ1) is 15.2. The Kier molecular flexibility index (Phi) is 5.59. The van der Waals surface area contributed by atoms with E-state index in [0.29, 0.717) is 5.41 Å². The van der Waals surface area contributed by atoms with Gasteiger partial charge < -0.3 is 19.5 Å². The number of methoxy groups -OCH3 is 3. The molecule has 112 valence electrons. The standard InChI is InChI=1S/C14H28N2O3/c1-17-11-14(4-6-15-7-5-14)10-16-8-12(18-2)13(9-16)19-3/h12-13,15H,4-11H2,1-3H3. The maximum Gasteiger partial charge on any atom is 0.0971 e. The summed E-state index contributed by atoms with van der Waals surface area (Å²) >= 11 is 0. The van der Waals surface area contributed by atoms with Crippen LogP contribution in [0.5, 0.6) is 0 Å². The number of nitrogens with one attached hydrogen (secondary N) is 1. The highest BCUT2D eigenvalue weighted by molar-refractivity contribution is 4.93. The van der Waals surface area contributed by atoms with Gasteiger partial charge >= 0.3 is 0 Å². The lowest BCUT2D eigenvalue weighted by Gasteiger charge is -2.40. The van der Waals surface area contributed by atoms with Gasteiger partial charge in [-0.1, -0.05) is 0 Å². The lowest BCUT2D eigenvalue weighted by Crippen LogP contribution is -2.47. The van der Waals surface area contributed by atoms with Crippen molar-refractivity contribution in [1.82, 2.24) is 10.2 Å². The van der Waals surface area contributed by atoms with Crippen molar-refractivity contribution in [3.8, 4) is 0 Å². The van der Waals surface area contributed by atoms with Crippen molar-refractivity contribution in [2.24, 2.45) is 5.41 Å². The summed E-state index contributed by atoms with van der Waals surface area (Å²) in [5, 5.41) is 3.44. The normalized spacial score (nSPS) is 31.7.